The van der Waals surface area contributed by atoms with Gasteiger partial charge in [0.05, 0.1) is 6.61 Å². The maximum atomic E-state index is 6.25. The van der Waals surface area contributed by atoms with E-state index in [0.717, 1.165) is 40.5 Å². The number of ether oxygens (including phenoxy) is 1. The number of rotatable bonds is 6. The predicted octanol–water partition coefficient (Wildman–Crippen LogP) is 5.38. The van der Waals surface area contributed by atoms with Gasteiger partial charge in [-0.2, -0.15) is 0 Å². The lowest BCUT2D eigenvalue weighted by molar-refractivity contribution is 0.177. The summed E-state index contributed by atoms with van der Waals surface area (Å²) in [6.45, 7) is 6.88. The minimum atomic E-state index is 0.773. The smallest absolute Gasteiger partial charge is 0.127 e. The highest BCUT2D eigenvalue weighted by Crippen LogP contribution is 2.31. The molecule has 0 amide bonds. The highest BCUT2D eigenvalue weighted by molar-refractivity contribution is 6.35. The van der Waals surface area contributed by atoms with Gasteiger partial charge >= 0.3 is 0 Å². The Morgan fingerprint density at radius 3 is 2.78 bits per heavy atom. The molecule has 0 aliphatic carbocycles. The van der Waals surface area contributed by atoms with Crippen molar-refractivity contribution >= 4 is 22.4 Å². The monoisotopic (exact) mass is 331 g/mol. The molecule has 2 aromatic carbocycles. The van der Waals surface area contributed by atoms with Crippen molar-refractivity contribution in [1.82, 2.24) is 4.90 Å². The fourth-order valence-corrected chi connectivity index (χ4v) is 3.70. The Labute approximate surface area is 144 Å². The minimum Gasteiger partial charge on any atom is -0.493 e. The maximum absolute atomic E-state index is 6.25. The molecule has 3 rings (SSSR count). The van der Waals surface area contributed by atoms with Gasteiger partial charge in [0.2, 0.25) is 0 Å². The molecule has 1 fully saturated rings. The average molecular weight is 332 g/mol. The molecule has 2 aromatic rings. The molecule has 124 valence electrons. The number of hydrogen-bond acceptors (Lipinski definition) is 2. The summed E-state index contributed by atoms with van der Waals surface area (Å²) in [5.74, 6) is 1.80. The van der Waals surface area contributed by atoms with Crippen molar-refractivity contribution in [3.05, 3.63) is 41.4 Å². The zero-order valence-electron chi connectivity index (χ0n) is 13.9. The Balaban J connectivity index is 1.47. The molecule has 1 atom stereocenters. The second-order valence-electron chi connectivity index (χ2n) is 6.69. The van der Waals surface area contributed by atoms with Gasteiger partial charge in [0.1, 0.15) is 5.75 Å². The van der Waals surface area contributed by atoms with Crippen LogP contribution in [-0.4, -0.2) is 31.1 Å². The van der Waals surface area contributed by atoms with Crippen molar-refractivity contribution in [3.8, 4) is 5.75 Å². The van der Waals surface area contributed by atoms with Crippen LogP contribution in [0.2, 0.25) is 5.02 Å². The molecule has 1 heterocycles. The van der Waals surface area contributed by atoms with Crippen LogP contribution in [0.4, 0.5) is 0 Å². The van der Waals surface area contributed by atoms with Crippen LogP contribution in [0, 0.1) is 5.92 Å². The molecule has 2 nitrogen and oxygen atoms in total. The first-order valence-corrected chi connectivity index (χ1v) is 9.14. The van der Waals surface area contributed by atoms with Crippen molar-refractivity contribution in [3.63, 3.8) is 0 Å². The van der Waals surface area contributed by atoms with Crippen LogP contribution in [-0.2, 0) is 0 Å². The number of benzene rings is 2. The number of hydrogen-bond donors (Lipinski definition) is 0. The molecule has 0 saturated carbocycles. The molecule has 0 spiro atoms. The Morgan fingerprint density at radius 1 is 1.13 bits per heavy atom. The van der Waals surface area contributed by atoms with Crippen LogP contribution in [0.5, 0.6) is 5.75 Å². The SMILES string of the molecule is C[C@H]1CCCN(CCCCOc2ccc(Cl)c3ccccc23)C1. The minimum absolute atomic E-state index is 0.773. The lowest BCUT2D eigenvalue weighted by Gasteiger charge is -2.30. The van der Waals surface area contributed by atoms with E-state index in [9.17, 15) is 0 Å². The molecule has 0 bridgehead atoms. The topological polar surface area (TPSA) is 12.5 Å². The van der Waals surface area contributed by atoms with Gasteiger partial charge in [0.15, 0.2) is 0 Å². The van der Waals surface area contributed by atoms with E-state index in [-0.39, 0.29) is 0 Å². The summed E-state index contributed by atoms with van der Waals surface area (Å²) in [6, 6.07) is 12.1. The van der Waals surface area contributed by atoms with Crippen molar-refractivity contribution in [2.24, 2.45) is 5.92 Å². The standard InChI is InChI=1S/C20H26ClNO/c1-16-7-6-13-22(15-16)12-4-5-14-23-20-11-10-19(21)17-8-2-3-9-18(17)20/h2-3,8-11,16H,4-7,12-15H2,1H3/t16-/m0/s1. The van der Waals surface area contributed by atoms with E-state index in [0.29, 0.717) is 0 Å². The van der Waals surface area contributed by atoms with Crippen LogP contribution in [0.25, 0.3) is 10.8 Å². The largest absolute Gasteiger partial charge is 0.493 e. The van der Waals surface area contributed by atoms with Crippen LogP contribution < -0.4 is 4.74 Å². The fraction of sp³-hybridized carbons (Fsp3) is 0.500. The highest BCUT2D eigenvalue weighted by Gasteiger charge is 2.15. The summed E-state index contributed by atoms with van der Waals surface area (Å²) in [6.07, 6.45) is 5.05. The first kappa shape index (κ1) is 16.6. The van der Waals surface area contributed by atoms with E-state index in [1.54, 1.807) is 0 Å². The first-order valence-electron chi connectivity index (χ1n) is 8.76. The van der Waals surface area contributed by atoms with Crippen LogP contribution >= 0.6 is 11.6 Å². The third kappa shape index (κ3) is 4.39. The molecule has 0 aromatic heterocycles. The van der Waals surface area contributed by atoms with E-state index in [4.69, 9.17) is 16.3 Å². The third-order valence-corrected chi connectivity index (χ3v) is 5.03. The molecular formula is C20H26ClNO. The zero-order chi connectivity index (χ0) is 16.1. The molecule has 1 saturated heterocycles. The summed E-state index contributed by atoms with van der Waals surface area (Å²) in [5.41, 5.74) is 0. The third-order valence-electron chi connectivity index (χ3n) is 4.70. The lowest BCUT2D eigenvalue weighted by atomic mass is 10.0. The highest BCUT2D eigenvalue weighted by atomic mass is 35.5. The van der Waals surface area contributed by atoms with Gasteiger partial charge in [0, 0.05) is 22.3 Å². The Bertz CT molecular complexity index is 643. The summed E-state index contributed by atoms with van der Waals surface area (Å²) in [4.78, 5) is 2.60. The molecule has 0 unspecified atom stereocenters. The Hall–Kier alpha value is -1.25. The second kappa shape index (κ2) is 8.03. The van der Waals surface area contributed by atoms with E-state index in [1.807, 2.05) is 30.3 Å². The Kier molecular flexibility index (Phi) is 5.80. The molecule has 1 aliphatic heterocycles. The summed E-state index contributed by atoms with van der Waals surface area (Å²) >= 11 is 6.25. The van der Waals surface area contributed by atoms with Gasteiger partial charge in [-0.3, -0.25) is 0 Å². The van der Waals surface area contributed by atoms with Gasteiger partial charge in [-0.15, -0.1) is 0 Å². The molecule has 23 heavy (non-hydrogen) atoms. The predicted molar refractivity (Wildman–Crippen MR) is 98.5 cm³/mol. The van der Waals surface area contributed by atoms with Crippen molar-refractivity contribution in [2.45, 2.75) is 32.6 Å². The normalized spacial score (nSPS) is 19.1. The van der Waals surface area contributed by atoms with Crippen LogP contribution in [0.15, 0.2) is 36.4 Å². The molecule has 0 radical (unpaired) electrons. The fourth-order valence-electron chi connectivity index (χ4n) is 3.47. The molecule has 0 N–H and O–H groups in total. The van der Waals surface area contributed by atoms with E-state index in [1.165, 1.54) is 38.9 Å². The lowest BCUT2D eigenvalue weighted by Crippen LogP contribution is -2.35. The zero-order valence-corrected chi connectivity index (χ0v) is 14.7. The molecule has 1 aliphatic rings. The Morgan fingerprint density at radius 2 is 1.96 bits per heavy atom. The number of fused-ring (bicyclic) bond motifs is 1. The van der Waals surface area contributed by atoms with E-state index in [2.05, 4.69) is 17.9 Å². The van der Waals surface area contributed by atoms with Gasteiger partial charge in [0.25, 0.3) is 0 Å². The number of nitrogens with zero attached hydrogens (tertiary/aromatic N) is 1. The van der Waals surface area contributed by atoms with E-state index >= 15 is 0 Å². The van der Waals surface area contributed by atoms with Crippen molar-refractivity contribution in [2.75, 3.05) is 26.2 Å². The summed E-state index contributed by atoms with van der Waals surface area (Å²) in [5, 5.41) is 2.95. The second-order valence-corrected chi connectivity index (χ2v) is 7.10. The molecular weight excluding hydrogens is 306 g/mol. The number of piperidine rings is 1. The van der Waals surface area contributed by atoms with Crippen molar-refractivity contribution in [1.29, 1.82) is 0 Å². The van der Waals surface area contributed by atoms with Gasteiger partial charge < -0.3 is 9.64 Å². The first-order chi connectivity index (χ1) is 11.2. The van der Waals surface area contributed by atoms with Gasteiger partial charge in [-0.25, -0.2) is 0 Å². The number of halogens is 1. The quantitative estimate of drug-likeness (QED) is 0.658. The van der Waals surface area contributed by atoms with Gasteiger partial charge in [-0.05, 0) is 56.8 Å². The maximum Gasteiger partial charge on any atom is 0.127 e. The average Bonchev–Trinajstić information content (AvgIpc) is 2.57. The summed E-state index contributed by atoms with van der Waals surface area (Å²) < 4.78 is 6.01. The van der Waals surface area contributed by atoms with E-state index < -0.39 is 0 Å². The van der Waals surface area contributed by atoms with Crippen molar-refractivity contribution < 1.29 is 4.74 Å². The number of likely N-dealkylation sites (tertiary alicyclic amines) is 1. The van der Waals surface area contributed by atoms with Crippen LogP contribution in [0.1, 0.15) is 32.6 Å². The molecule has 3 heteroatoms. The number of unbranched alkanes of at least 4 members (excludes halogenated alkanes) is 1. The van der Waals surface area contributed by atoms with Gasteiger partial charge in [-0.1, -0.05) is 42.8 Å². The summed E-state index contributed by atoms with van der Waals surface area (Å²) in [7, 11) is 0. The van der Waals surface area contributed by atoms with Crippen LogP contribution in [0.3, 0.4) is 0 Å².